The van der Waals surface area contributed by atoms with Crippen molar-refractivity contribution in [3.8, 4) is 21.7 Å². The molecule has 0 radical (unpaired) electrons. The molecule has 0 aliphatic rings. The summed E-state index contributed by atoms with van der Waals surface area (Å²) in [5.41, 5.74) is 7.56. The number of hydrogen-bond donors (Lipinski definition) is 1. The van der Waals surface area contributed by atoms with Crippen molar-refractivity contribution in [2.75, 3.05) is 5.43 Å². The molecular formula is C23H17ClN4O2S. The number of nitro benzene ring substituents is 1. The lowest BCUT2D eigenvalue weighted by molar-refractivity contribution is -0.384. The Morgan fingerprint density at radius 1 is 1.03 bits per heavy atom. The van der Waals surface area contributed by atoms with Crippen molar-refractivity contribution in [3.63, 3.8) is 0 Å². The monoisotopic (exact) mass is 448 g/mol. The summed E-state index contributed by atoms with van der Waals surface area (Å²) in [5.74, 6) is 0. The van der Waals surface area contributed by atoms with Crippen LogP contribution in [0.2, 0.25) is 5.02 Å². The molecule has 0 bridgehead atoms. The molecule has 31 heavy (non-hydrogen) atoms. The van der Waals surface area contributed by atoms with Crippen LogP contribution in [-0.2, 0) is 0 Å². The summed E-state index contributed by atoms with van der Waals surface area (Å²) in [4.78, 5) is 16.2. The molecule has 0 amide bonds. The first-order valence-electron chi connectivity index (χ1n) is 9.37. The molecule has 8 heteroatoms. The van der Waals surface area contributed by atoms with E-state index in [1.54, 1.807) is 24.4 Å². The van der Waals surface area contributed by atoms with E-state index in [1.165, 1.54) is 23.5 Å². The van der Waals surface area contributed by atoms with Gasteiger partial charge in [-0.2, -0.15) is 5.10 Å². The summed E-state index contributed by atoms with van der Waals surface area (Å²) in [5, 5.41) is 16.5. The van der Waals surface area contributed by atoms with E-state index in [1.807, 2.05) is 49.4 Å². The Hall–Kier alpha value is -3.55. The van der Waals surface area contributed by atoms with Crippen LogP contribution >= 0.6 is 22.9 Å². The summed E-state index contributed by atoms with van der Waals surface area (Å²) in [6.45, 7) is 2.03. The third-order valence-electron chi connectivity index (χ3n) is 4.56. The van der Waals surface area contributed by atoms with Gasteiger partial charge in [0, 0.05) is 28.3 Å². The van der Waals surface area contributed by atoms with Gasteiger partial charge in [-0.1, -0.05) is 71.0 Å². The van der Waals surface area contributed by atoms with Crippen molar-refractivity contribution in [2.24, 2.45) is 5.10 Å². The Morgan fingerprint density at radius 3 is 2.39 bits per heavy atom. The maximum absolute atomic E-state index is 11.0. The summed E-state index contributed by atoms with van der Waals surface area (Å²) < 4.78 is 0. The number of benzene rings is 3. The maximum Gasteiger partial charge on any atom is 0.269 e. The maximum atomic E-state index is 11.0. The number of halogens is 1. The van der Waals surface area contributed by atoms with Crippen LogP contribution in [0.1, 0.15) is 11.1 Å². The van der Waals surface area contributed by atoms with Gasteiger partial charge in [-0.15, -0.1) is 0 Å². The molecule has 0 spiro atoms. The number of non-ortho nitro benzene ring substituents is 1. The van der Waals surface area contributed by atoms with Gasteiger partial charge < -0.3 is 0 Å². The normalized spacial score (nSPS) is 11.0. The van der Waals surface area contributed by atoms with Crippen molar-refractivity contribution < 1.29 is 4.92 Å². The molecule has 154 valence electrons. The third kappa shape index (κ3) is 4.79. The number of hydrogen-bond acceptors (Lipinski definition) is 6. The molecule has 1 aromatic heterocycles. The Morgan fingerprint density at radius 2 is 1.71 bits per heavy atom. The fourth-order valence-electron chi connectivity index (χ4n) is 2.94. The molecule has 0 aliphatic carbocycles. The lowest BCUT2D eigenvalue weighted by Crippen LogP contribution is -1.91. The quantitative estimate of drug-likeness (QED) is 0.200. The predicted molar refractivity (Wildman–Crippen MR) is 127 cm³/mol. The van der Waals surface area contributed by atoms with Crippen LogP contribution in [-0.4, -0.2) is 16.1 Å². The molecule has 0 fully saturated rings. The molecule has 4 aromatic rings. The number of nitro groups is 1. The van der Waals surface area contributed by atoms with Gasteiger partial charge in [0.1, 0.15) is 0 Å². The number of rotatable bonds is 6. The number of nitrogens with one attached hydrogen (secondary N) is 1. The third-order valence-corrected chi connectivity index (χ3v) is 5.91. The molecule has 4 rings (SSSR count). The first kappa shape index (κ1) is 20.7. The number of hydrazone groups is 1. The average molecular weight is 449 g/mol. The standard InChI is InChI=1S/C23H17ClN4O2S/c1-15-6-8-16(9-7-15)21-22(17-10-12-19(13-11-17)28(29)30)31-23(26-21)27-25-14-18-4-2-3-5-20(18)24/h2-14H,1H3,(H,26,27)/b25-14-. The van der Waals surface area contributed by atoms with E-state index in [9.17, 15) is 10.1 Å². The summed E-state index contributed by atoms with van der Waals surface area (Å²) >= 11 is 7.59. The Bertz CT molecular complexity index is 1250. The highest BCUT2D eigenvalue weighted by atomic mass is 35.5. The molecular weight excluding hydrogens is 432 g/mol. The topological polar surface area (TPSA) is 80.4 Å². The zero-order valence-electron chi connectivity index (χ0n) is 16.4. The van der Waals surface area contributed by atoms with Crippen LogP contribution in [0.15, 0.2) is 77.9 Å². The molecule has 1 N–H and O–H groups in total. The van der Waals surface area contributed by atoms with Gasteiger partial charge >= 0.3 is 0 Å². The smallest absolute Gasteiger partial charge is 0.258 e. The van der Waals surface area contributed by atoms with E-state index in [0.717, 1.165) is 32.8 Å². The number of anilines is 1. The van der Waals surface area contributed by atoms with Crippen LogP contribution in [0.4, 0.5) is 10.8 Å². The van der Waals surface area contributed by atoms with Crippen LogP contribution in [0.25, 0.3) is 21.7 Å². The summed E-state index contributed by atoms with van der Waals surface area (Å²) in [6.07, 6.45) is 1.64. The number of aromatic nitrogens is 1. The Kier molecular flexibility index (Phi) is 6.06. The Balaban J connectivity index is 1.69. The van der Waals surface area contributed by atoms with E-state index in [4.69, 9.17) is 16.6 Å². The number of thiazole rings is 1. The van der Waals surface area contributed by atoms with Gasteiger partial charge in [0.25, 0.3) is 5.69 Å². The first-order valence-corrected chi connectivity index (χ1v) is 10.6. The second-order valence-electron chi connectivity index (χ2n) is 6.76. The van der Waals surface area contributed by atoms with E-state index >= 15 is 0 Å². The predicted octanol–water partition coefficient (Wildman–Crippen LogP) is 6.79. The van der Waals surface area contributed by atoms with E-state index in [0.29, 0.717) is 10.2 Å². The van der Waals surface area contributed by atoms with Gasteiger partial charge in [-0.05, 0) is 30.7 Å². The molecule has 0 unspecified atom stereocenters. The van der Waals surface area contributed by atoms with Crippen molar-refractivity contribution >= 4 is 40.0 Å². The van der Waals surface area contributed by atoms with Crippen molar-refractivity contribution in [1.82, 2.24) is 4.98 Å². The van der Waals surface area contributed by atoms with Crippen LogP contribution < -0.4 is 5.43 Å². The molecule has 6 nitrogen and oxygen atoms in total. The Labute approximate surface area is 188 Å². The van der Waals surface area contributed by atoms with E-state index in [-0.39, 0.29) is 5.69 Å². The molecule has 0 atom stereocenters. The highest BCUT2D eigenvalue weighted by Gasteiger charge is 2.16. The minimum absolute atomic E-state index is 0.0489. The highest BCUT2D eigenvalue weighted by Crippen LogP contribution is 2.39. The van der Waals surface area contributed by atoms with Gasteiger partial charge in [0.2, 0.25) is 5.13 Å². The van der Waals surface area contributed by atoms with Crippen molar-refractivity contribution in [1.29, 1.82) is 0 Å². The molecule has 0 saturated carbocycles. The minimum Gasteiger partial charge on any atom is -0.258 e. The zero-order chi connectivity index (χ0) is 21.8. The second-order valence-corrected chi connectivity index (χ2v) is 8.16. The number of nitrogens with zero attached hydrogens (tertiary/aromatic N) is 3. The minimum atomic E-state index is -0.409. The van der Waals surface area contributed by atoms with Gasteiger partial charge in [0.05, 0.1) is 21.7 Å². The highest BCUT2D eigenvalue weighted by molar-refractivity contribution is 7.19. The summed E-state index contributed by atoms with van der Waals surface area (Å²) in [7, 11) is 0. The lowest BCUT2D eigenvalue weighted by atomic mass is 10.1. The SMILES string of the molecule is Cc1ccc(-c2nc(N/N=C\c3ccccc3Cl)sc2-c2ccc([N+](=O)[O-])cc2)cc1. The number of aryl methyl sites for hydroxylation is 1. The van der Waals surface area contributed by atoms with Crippen LogP contribution in [0.5, 0.6) is 0 Å². The van der Waals surface area contributed by atoms with Crippen molar-refractivity contribution in [2.45, 2.75) is 6.92 Å². The first-order chi connectivity index (χ1) is 15.0. The molecule has 1 heterocycles. The second kappa shape index (κ2) is 9.07. The van der Waals surface area contributed by atoms with E-state index in [2.05, 4.69) is 10.5 Å². The van der Waals surface area contributed by atoms with Crippen LogP contribution in [0, 0.1) is 17.0 Å². The average Bonchev–Trinajstić information content (AvgIpc) is 3.20. The van der Waals surface area contributed by atoms with E-state index < -0.39 is 4.92 Å². The van der Waals surface area contributed by atoms with Gasteiger partial charge in [-0.25, -0.2) is 4.98 Å². The molecule has 0 aliphatic heterocycles. The van der Waals surface area contributed by atoms with Crippen molar-refractivity contribution in [3.05, 3.63) is 99.1 Å². The largest absolute Gasteiger partial charge is 0.269 e. The lowest BCUT2D eigenvalue weighted by Gasteiger charge is -2.03. The summed E-state index contributed by atoms with van der Waals surface area (Å²) in [6, 6.07) is 22.0. The fourth-order valence-corrected chi connectivity index (χ4v) is 4.07. The van der Waals surface area contributed by atoms with Gasteiger partial charge in [0.15, 0.2) is 0 Å². The molecule has 0 saturated heterocycles. The zero-order valence-corrected chi connectivity index (χ0v) is 18.0. The fraction of sp³-hybridized carbons (Fsp3) is 0.0435. The van der Waals surface area contributed by atoms with Gasteiger partial charge in [-0.3, -0.25) is 15.5 Å². The van der Waals surface area contributed by atoms with Crippen LogP contribution in [0.3, 0.4) is 0 Å². The molecule has 3 aromatic carbocycles.